The zero-order chi connectivity index (χ0) is 16.7. The number of rotatable bonds is 2. The Morgan fingerprint density at radius 3 is 2.52 bits per heavy atom. The lowest BCUT2D eigenvalue weighted by Gasteiger charge is -2.28. The maximum atomic E-state index is 13.0. The molecule has 3 fully saturated rings. The van der Waals surface area contributed by atoms with Crippen LogP contribution in [-0.2, 0) is 4.79 Å². The molecule has 4 unspecified atom stereocenters. The van der Waals surface area contributed by atoms with Gasteiger partial charge in [0.05, 0.1) is 0 Å². The van der Waals surface area contributed by atoms with Crippen LogP contribution in [0.15, 0.2) is 30.3 Å². The van der Waals surface area contributed by atoms with Crippen molar-refractivity contribution in [3.63, 3.8) is 0 Å². The maximum Gasteiger partial charge on any atom is 0.254 e. The highest BCUT2D eigenvalue weighted by Gasteiger charge is 2.45. The number of hydrogen-bond acceptors (Lipinski definition) is 3. The van der Waals surface area contributed by atoms with E-state index in [0.29, 0.717) is 23.9 Å². The monoisotopic (exact) mass is 363 g/mol. The molecule has 4 atom stereocenters. The SMILES string of the molecule is Cl.NC1CCC2CN(C(=O)C3CCCN3C(=O)c3ccccc3)CC12. The molecule has 2 amide bonds. The first-order chi connectivity index (χ1) is 11.6. The van der Waals surface area contributed by atoms with E-state index in [1.54, 1.807) is 4.90 Å². The second-order valence-electron chi connectivity index (χ2n) is 7.43. The topological polar surface area (TPSA) is 66.6 Å². The molecule has 2 saturated heterocycles. The Labute approximate surface area is 154 Å². The summed E-state index contributed by atoms with van der Waals surface area (Å²) in [6.45, 7) is 2.26. The minimum absolute atomic E-state index is 0. The molecule has 1 aliphatic carbocycles. The molecule has 1 aromatic carbocycles. The van der Waals surface area contributed by atoms with Crippen molar-refractivity contribution in [2.75, 3.05) is 19.6 Å². The molecule has 5 nitrogen and oxygen atoms in total. The van der Waals surface area contributed by atoms with Crippen molar-refractivity contribution in [3.8, 4) is 0 Å². The summed E-state index contributed by atoms with van der Waals surface area (Å²) >= 11 is 0. The smallest absolute Gasteiger partial charge is 0.254 e. The number of benzene rings is 1. The number of nitrogens with two attached hydrogens (primary N) is 1. The van der Waals surface area contributed by atoms with Crippen LogP contribution >= 0.6 is 12.4 Å². The minimum atomic E-state index is -0.298. The van der Waals surface area contributed by atoms with E-state index in [-0.39, 0.29) is 36.3 Å². The van der Waals surface area contributed by atoms with Gasteiger partial charge in [-0.05, 0) is 49.7 Å². The van der Waals surface area contributed by atoms with Gasteiger partial charge in [0.25, 0.3) is 5.91 Å². The Hall–Kier alpha value is -1.59. The van der Waals surface area contributed by atoms with Crippen molar-refractivity contribution in [1.82, 2.24) is 9.80 Å². The molecule has 0 aromatic heterocycles. The van der Waals surface area contributed by atoms with Gasteiger partial charge in [0.15, 0.2) is 0 Å². The van der Waals surface area contributed by atoms with Gasteiger partial charge < -0.3 is 15.5 Å². The van der Waals surface area contributed by atoms with Crippen molar-refractivity contribution >= 4 is 24.2 Å². The molecule has 25 heavy (non-hydrogen) atoms. The zero-order valence-corrected chi connectivity index (χ0v) is 15.2. The van der Waals surface area contributed by atoms with E-state index in [2.05, 4.69) is 0 Å². The van der Waals surface area contributed by atoms with E-state index in [4.69, 9.17) is 5.73 Å². The lowest BCUT2D eigenvalue weighted by atomic mass is 9.98. The van der Waals surface area contributed by atoms with Crippen LogP contribution in [0.4, 0.5) is 0 Å². The van der Waals surface area contributed by atoms with E-state index in [1.165, 1.54) is 0 Å². The van der Waals surface area contributed by atoms with Crippen LogP contribution in [0.3, 0.4) is 0 Å². The fourth-order valence-electron chi connectivity index (χ4n) is 4.71. The van der Waals surface area contributed by atoms with E-state index < -0.39 is 0 Å². The van der Waals surface area contributed by atoms with Crippen molar-refractivity contribution in [3.05, 3.63) is 35.9 Å². The first-order valence-corrected chi connectivity index (χ1v) is 9.05. The van der Waals surface area contributed by atoms with Gasteiger partial charge in [0, 0.05) is 31.2 Å². The number of halogens is 1. The summed E-state index contributed by atoms with van der Waals surface area (Å²) in [6, 6.07) is 9.21. The summed E-state index contributed by atoms with van der Waals surface area (Å²) in [5.74, 6) is 1.11. The van der Waals surface area contributed by atoms with Crippen molar-refractivity contribution < 1.29 is 9.59 Å². The predicted octanol–water partition coefficient (Wildman–Crippen LogP) is 1.91. The van der Waals surface area contributed by atoms with Gasteiger partial charge in [-0.15, -0.1) is 12.4 Å². The largest absolute Gasteiger partial charge is 0.340 e. The average molecular weight is 364 g/mol. The van der Waals surface area contributed by atoms with E-state index in [0.717, 1.165) is 38.8 Å². The molecule has 4 rings (SSSR count). The van der Waals surface area contributed by atoms with Crippen molar-refractivity contribution in [2.24, 2.45) is 17.6 Å². The van der Waals surface area contributed by atoms with E-state index in [9.17, 15) is 9.59 Å². The highest BCUT2D eigenvalue weighted by atomic mass is 35.5. The first kappa shape index (κ1) is 18.2. The van der Waals surface area contributed by atoms with Crippen LogP contribution in [-0.4, -0.2) is 53.3 Å². The summed E-state index contributed by atoms with van der Waals surface area (Å²) < 4.78 is 0. The number of fused-ring (bicyclic) bond motifs is 1. The van der Waals surface area contributed by atoms with Gasteiger partial charge in [-0.1, -0.05) is 18.2 Å². The van der Waals surface area contributed by atoms with Gasteiger partial charge in [-0.25, -0.2) is 0 Å². The van der Waals surface area contributed by atoms with E-state index >= 15 is 0 Å². The van der Waals surface area contributed by atoms with E-state index in [1.807, 2.05) is 35.2 Å². The zero-order valence-electron chi connectivity index (χ0n) is 14.3. The fourth-order valence-corrected chi connectivity index (χ4v) is 4.71. The fraction of sp³-hybridized carbons (Fsp3) is 0.579. The molecule has 6 heteroatoms. The van der Waals surface area contributed by atoms with Crippen LogP contribution in [0.25, 0.3) is 0 Å². The van der Waals surface area contributed by atoms with Crippen molar-refractivity contribution in [2.45, 2.75) is 37.8 Å². The molecule has 2 heterocycles. The third kappa shape index (κ3) is 3.27. The van der Waals surface area contributed by atoms with Crippen LogP contribution in [0.1, 0.15) is 36.0 Å². The van der Waals surface area contributed by atoms with Crippen LogP contribution in [0, 0.1) is 11.8 Å². The summed E-state index contributed by atoms with van der Waals surface area (Å²) in [4.78, 5) is 29.5. The number of hydrogen-bond donors (Lipinski definition) is 1. The highest BCUT2D eigenvalue weighted by Crippen LogP contribution is 2.38. The maximum absolute atomic E-state index is 13.0. The highest BCUT2D eigenvalue weighted by molar-refractivity contribution is 5.98. The minimum Gasteiger partial charge on any atom is -0.340 e. The molecule has 0 radical (unpaired) electrons. The lowest BCUT2D eigenvalue weighted by Crippen LogP contribution is -2.47. The molecule has 2 N–H and O–H groups in total. The summed E-state index contributed by atoms with van der Waals surface area (Å²) in [5.41, 5.74) is 6.85. The molecule has 0 spiro atoms. The molecular weight excluding hydrogens is 338 g/mol. The quantitative estimate of drug-likeness (QED) is 0.872. The summed E-state index contributed by atoms with van der Waals surface area (Å²) in [7, 11) is 0. The molecule has 136 valence electrons. The molecule has 2 aliphatic heterocycles. The van der Waals surface area contributed by atoms with Crippen molar-refractivity contribution in [1.29, 1.82) is 0 Å². The Bertz CT molecular complexity index is 639. The Balaban J connectivity index is 0.00000182. The molecule has 1 aromatic rings. The second kappa shape index (κ2) is 7.34. The lowest BCUT2D eigenvalue weighted by molar-refractivity contribution is -0.134. The van der Waals surface area contributed by atoms with Crippen LogP contribution in [0.5, 0.6) is 0 Å². The van der Waals surface area contributed by atoms with Crippen LogP contribution in [0.2, 0.25) is 0 Å². The Morgan fingerprint density at radius 1 is 1.04 bits per heavy atom. The standard InChI is InChI=1S/C19H25N3O2.ClH/c20-16-9-8-14-11-21(12-15(14)16)19(24)17-7-4-10-22(17)18(23)13-5-2-1-3-6-13;/h1-3,5-6,14-17H,4,7-12,20H2;1H. The number of carbonyl (C=O) groups excluding carboxylic acids is 2. The number of amides is 2. The van der Waals surface area contributed by atoms with Gasteiger partial charge in [-0.3, -0.25) is 9.59 Å². The summed E-state index contributed by atoms with van der Waals surface area (Å²) in [5, 5.41) is 0. The third-order valence-corrected chi connectivity index (χ3v) is 6.04. The normalized spacial score (nSPS) is 30.9. The number of carbonyl (C=O) groups is 2. The van der Waals surface area contributed by atoms with Crippen LogP contribution < -0.4 is 5.73 Å². The predicted molar refractivity (Wildman–Crippen MR) is 98.5 cm³/mol. The molecular formula is C19H26ClN3O2. The number of likely N-dealkylation sites (tertiary alicyclic amines) is 2. The molecule has 0 bridgehead atoms. The van der Waals surface area contributed by atoms with Gasteiger partial charge in [0.1, 0.15) is 6.04 Å². The summed E-state index contributed by atoms with van der Waals surface area (Å²) in [6.07, 6.45) is 3.89. The molecule has 3 aliphatic rings. The second-order valence-corrected chi connectivity index (χ2v) is 7.43. The first-order valence-electron chi connectivity index (χ1n) is 9.05. The van der Waals surface area contributed by atoms with Gasteiger partial charge >= 0.3 is 0 Å². The van der Waals surface area contributed by atoms with Gasteiger partial charge in [0.2, 0.25) is 5.91 Å². The number of nitrogens with zero attached hydrogens (tertiary/aromatic N) is 2. The molecule has 1 saturated carbocycles. The Morgan fingerprint density at radius 2 is 1.80 bits per heavy atom. The van der Waals surface area contributed by atoms with Gasteiger partial charge in [-0.2, -0.15) is 0 Å². The average Bonchev–Trinajstić information content (AvgIpc) is 3.32. The Kier molecular flexibility index (Phi) is 5.35. The third-order valence-electron chi connectivity index (χ3n) is 6.04.